The first-order valence-corrected chi connectivity index (χ1v) is 10.7. The Hall–Kier alpha value is -3.03. The second-order valence-electron chi connectivity index (χ2n) is 7.54. The molecule has 1 aliphatic heterocycles. The molecule has 0 aliphatic carbocycles. The number of ether oxygens (including phenoxy) is 2. The van der Waals surface area contributed by atoms with E-state index in [1.165, 1.54) is 17.0 Å². The zero-order valence-electron chi connectivity index (χ0n) is 17.9. The molecule has 3 rings (SSSR count). The summed E-state index contributed by atoms with van der Waals surface area (Å²) < 4.78 is 49.9. The van der Waals surface area contributed by atoms with Crippen molar-refractivity contribution in [2.75, 3.05) is 18.1 Å². The maximum atomic E-state index is 13.1. The molecule has 8 heteroatoms. The molecule has 0 spiro atoms. The Balaban J connectivity index is 1.56. The summed E-state index contributed by atoms with van der Waals surface area (Å²) in [5, 5.41) is 0. The minimum atomic E-state index is -4.48. The normalized spacial score (nSPS) is 13.2. The number of nitrogens with zero attached hydrogens (tertiary/aromatic N) is 1. The lowest BCUT2D eigenvalue weighted by atomic mass is 10.1. The van der Waals surface area contributed by atoms with Gasteiger partial charge < -0.3 is 14.4 Å². The lowest BCUT2D eigenvalue weighted by molar-refractivity contribution is -0.143. The summed E-state index contributed by atoms with van der Waals surface area (Å²) >= 11 is 0. The first kappa shape index (κ1) is 23.6. The van der Waals surface area contributed by atoms with Gasteiger partial charge in [-0.25, -0.2) is 0 Å². The monoisotopic (exact) mass is 449 g/mol. The number of carbonyl (C=O) groups is 2. The third-order valence-electron chi connectivity index (χ3n) is 5.25. The lowest BCUT2D eigenvalue weighted by Gasteiger charge is -2.17. The maximum absolute atomic E-state index is 13.1. The van der Waals surface area contributed by atoms with Crippen LogP contribution in [0.1, 0.15) is 60.5 Å². The molecule has 0 radical (unpaired) electrons. The Morgan fingerprint density at radius 3 is 2.56 bits per heavy atom. The minimum Gasteiger partial charge on any atom is -0.493 e. The van der Waals surface area contributed by atoms with Crippen LogP contribution in [0.2, 0.25) is 0 Å². The fourth-order valence-electron chi connectivity index (χ4n) is 3.64. The fourth-order valence-corrected chi connectivity index (χ4v) is 3.64. The number of hydrogen-bond acceptors (Lipinski definition) is 4. The van der Waals surface area contributed by atoms with Crippen molar-refractivity contribution in [3.05, 3.63) is 59.2 Å². The molecule has 2 aromatic carbocycles. The number of amides is 1. The van der Waals surface area contributed by atoms with Crippen molar-refractivity contribution in [1.82, 2.24) is 0 Å². The highest BCUT2D eigenvalue weighted by molar-refractivity contribution is 6.10. The molecule has 172 valence electrons. The molecule has 5 nitrogen and oxygen atoms in total. The first-order chi connectivity index (χ1) is 15.3. The number of halogens is 3. The van der Waals surface area contributed by atoms with Gasteiger partial charge in [0.15, 0.2) is 0 Å². The third kappa shape index (κ3) is 5.81. The number of alkyl halides is 3. The van der Waals surface area contributed by atoms with Gasteiger partial charge in [0.05, 0.1) is 25.3 Å². The molecule has 0 N–H and O–H groups in total. The molecule has 32 heavy (non-hydrogen) atoms. The molecule has 1 heterocycles. The third-order valence-corrected chi connectivity index (χ3v) is 5.25. The zero-order valence-corrected chi connectivity index (χ0v) is 17.9. The number of anilines is 1. The predicted octanol–water partition coefficient (Wildman–Crippen LogP) is 5.76. The van der Waals surface area contributed by atoms with E-state index in [1.54, 1.807) is 25.1 Å². The molecular formula is C24H26F3NO4. The van der Waals surface area contributed by atoms with E-state index >= 15 is 0 Å². The standard InChI is InChI=1S/C24H26F3NO4/c1-2-31-22(29)13-5-3-4-6-14-32-21-12-8-11-19-20(21)16-28(23(19)30)18-10-7-9-17(15-18)24(25,26)27/h7-12,15H,2-6,13-14,16H2,1H3. The number of unbranched alkanes of at least 4 members (excludes halogenated alkanes) is 3. The molecular weight excluding hydrogens is 423 g/mol. The molecule has 1 amide bonds. The van der Waals surface area contributed by atoms with Crippen LogP contribution >= 0.6 is 0 Å². The Morgan fingerprint density at radius 2 is 1.81 bits per heavy atom. The van der Waals surface area contributed by atoms with E-state index in [0.29, 0.717) is 36.5 Å². The van der Waals surface area contributed by atoms with E-state index in [1.807, 2.05) is 0 Å². The Labute approximate surface area is 185 Å². The number of benzene rings is 2. The largest absolute Gasteiger partial charge is 0.493 e. The molecule has 0 unspecified atom stereocenters. The van der Waals surface area contributed by atoms with Crippen molar-refractivity contribution in [1.29, 1.82) is 0 Å². The van der Waals surface area contributed by atoms with Crippen LogP contribution in [0.3, 0.4) is 0 Å². The maximum Gasteiger partial charge on any atom is 0.416 e. The minimum absolute atomic E-state index is 0.158. The van der Waals surface area contributed by atoms with Crippen molar-refractivity contribution < 1.29 is 32.2 Å². The van der Waals surface area contributed by atoms with Gasteiger partial charge in [-0.2, -0.15) is 13.2 Å². The summed E-state index contributed by atoms with van der Waals surface area (Å²) in [6.45, 7) is 2.78. The van der Waals surface area contributed by atoms with Crippen molar-refractivity contribution in [2.45, 2.75) is 51.7 Å². The number of hydrogen-bond donors (Lipinski definition) is 0. The van der Waals surface area contributed by atoms with Crippen molar-refractivity contribution in [2.24, 2.45) is 0 Å². The smallest absolute Gasteiger partial charge is 0.416 e. The SMILES string of the molecule is CCOC(=O)CCCCCCOc1cccc2c1CN(c1cccc(C(F)(F)F)c1)C2=O. The lowest BCUT2D eigenvalue weighted by Crippen LogP contribution is -2.23. The van der Waals surface area contributed by atoms with Crippen LogP contribution in [0.25, 0.3) is 0 Å². The van der Waals surface area contributed by atoms with Crippen LogP contribution < -0.4 is 9.64 Å². The molecule has 0 aromatic heterocycles. The van der Waals surface area contributed by atoms with Gasteiger partial charge in [-0.3, -0.25) is 9.59 Å². The summed E-state index contributed by atoms with van der Waals surface area (Å²) in [7, 11) is 0. The molecule has 0 atom stereocenters. The van der Waals surface area contributed by atoms with Crippen molar-refractivity contribution >= 4 is 17.6 Å². The second kappa shape index (κ2) is 10.5. The Bertz CT molecular complexity index is 959. The van der Waals surface area contributed by atoms with Crippen LogP contribution in [-0.2, 0) is 22.3 Å². The summed E-state index contributed by atoms with van der Waals surface area (Å²) in [4.78, 5) is 25.5. The van der Waals surface area contributed by atoms with Gasteiger partial charge in [0.25, 0.3) is 5.91 Å². The van der Waals surface area contributed by atoms with E-state index < -0.39 is 11.7 Å². The first-order valence-electron chi connectivity index (χ1n) is 10.7. The van der Waals surface area contributed by atoms with Gasteiger partial charge in [-0.15, -0.1) is 0 Å². The number of carbonyl (C=O) groups excluding carboxylic acids is 2. The molecule has 2 aromatic rings. The topological polar surface area (TPSA) is 55.8 Å². The fraction of sp³-hybridized carbons (Fsp3) is 0.417. The van der Waals surface area contributed by atoms with E-state index in [0.717, 1.165) is 37.8 Å². The van der Waals surface area contributed by atoms with Gasteiger partial charge in [-0.05, 0) is 50.1 Å². The van der Waals surface area contributed by atoms with Gasteiger partial charge in [-0.1, -0.05) is 25.0 Å². The molecule has 0 bridgehead atoms. The quantitative estimate of drug-likeness (QED) is 0.342. The molecule has 0 saturated carbocycles. The van der Waals surface area contributed by atoms with Crippen molar-refractivity contribution in [3.8, 4) is 5.75 Å². The van der Waals surface area contributed by atoms with E-state index in [-0.39, 0.29) is 24.1 Å². The summed E-state index contributed by atoms with van der Waals surface area (Å²) in [5.74, 6) is 0.0409. The van der Waals surface area contributed by atoms with E-state index in [2.05, 4.69) is 0 Å². The summed E-state index contributed by atoms with van der Waals surface area (Å²) in [6, 6.07) is 9.90. The van der Waals surface area contributed by atoms with Crippen LogP contribution in [0.15, 0.2) is 42.5 Å². The molecule has 0 saturated heterocycles. The summed E-state index contributed by atoms with van der Waals surface area (Å²) in [5.41, 5.74) is 0.526. The average Bonchev–Trinajstić information content (AvgIpc) is 3.10. The highest BCUT2D eigenvalue weighted by Crippen LogP contribution is 2.37. The van der Waals surface area contributed by atoms with Gasteiger partial charge in [0.1, 0.15) is 5.75 Å². The number of esters is 1. The predicted molar refractivity (Wildman–Crippen MR) is 114 cm³/mol. The Kier molecular flexibility index (Phi) is 7.77. The zero-order chi connectivity index (χ0) is 23.1. The highest BCUT2D eigenvalue weighted by atomic mass is 19.4. The van der Waals surface area contributed by atoms with Crippen LogP contribution in [-0.4, -0.2) is 25.1 Å². The van der Waals surface area contributed by atoms with Crippen LogP contribution in [0, 0.1) is 0 Å². The number of rotatable bonds is 10. The van der Waals surface area contributed by atoms with Gasteiger partial charge >= 0.3 is 12.1 Å². The number of fused-ring (bicyclic) bond motifs is 1. The Morgan fingerprint density at radius 1 is 1.06 bits per heavy atom. The van der Waals surface area contributed by atoms with Gasteiger partial charge in [0.2, 0.25) is 0 Å². The van der Waals surface area contributed by atoms with E-state index in [9.17, 15) is 22.8 Å². The van der Waals surface area contributed by atoms with Gasteiger partial charge in [0, 0.05) is 23.2 Å². The van der Waals surface area contributed by atoms with Crippen molar-refractivity contribution in [3.63, 3.8) is 0 Å². The average molecular weight is 449 g/mol. The van der Waals surface area contributed by atoms with Crippen LogP contribution in [0.4, 0.5) is 18.9 Å². The molecule has 1 aliphatic rings. The second-order valence-corrected chi connectivity index (χ2v) is 7.54. The molecule has 0 fully saturated rings. The van der Waals surface area contributed by atoms with E-state index in [4.69, 9.17) is 9.47 Å². The summed E-state index contributed by atoms with van der Waals surface area (Å²) in [6.07, 6.45) is -0.733. The highest BCUT2D eigenvalue weighted by Gasteiger charge is 2.34. The van der Waals surface area contributed by atoms with Crippen LogP contribution in [0.5, 0.6) is 5.75 Å².